The lowest BCUT2D eigenvalue weighted by atomic mass is 9.67. The predicted octanol–water partition coefficient (Wildman–Crippen LogP) is 1.54. The number of carbonyl (C=O) groups excluding carboxylic acids is 1. The summed E-state index contributed by atoms with van der Waals surface area (Å²) >= 11 is 0. The Bertz CT molecular complexity index is 337. The molecule has 2 fully saturated rings. The smallest absolute Gasteiger partial charge is 0.410 e. The van der Waals surface area contributed by atoms with Gasteiger partial charge in [0.15, 0.2) is 0 Å². The lowest BCUT2D eigenvalue weighted by molar-refractivity contribution is -0.224. The molecule has 0 aromatic heterocycles. The summed E-state index contributed by atoms with van der Waals surface area (Å²) in [4.78, 5) is 13.7. The quantitative estimate of drug-likeness (QED) is 0.715. The van der Waals surface area contributed by atoms with Crippen molar-refractivity contribution < 1.29 is 19.4 Å². The molecular formula is C13H23NO4. The van der Waals surface area contributed by atoms with Crippen molar-refractivity contribution in [1.29, 1.82) is 0 Å². The number of hydrogen-bond donors (Lipinski definition) is 1. The molecular weight excluding hydrogens is 234 g/mol. The molecule has 0 radical (unpaired) electrons. The van der Waals surface area contributed by atoms with E-state index in [1.54, 1.807) is 11.8 Å². The van der Waals surface area contributed by atoms with E-state index in [-0.39, 0.29) is 11.7 Å². The minimum absolute atomic E-state index is 0.295. The van der Waals surface area contributed by atoms with E-state index in [4.69, 9.17) is 9.47 Å². The van der Waals surface area contributed by atoms with Gasteiger partial charge in [-0.25, -0.2) is 4.79 Å². The first-order chi connectivity index (χ1) is 8.11. The molecule has 0 unspecified atom stereocenters. The van der Waals surface area contributed by atoms with Crippen LogP contribution < -0.4 is 0 Å². The molecule has 1 saturated carbocycles. The highest BCUT2D eigenvalue weighted by Crippen LogP contribution is 2.45. The van der Waals surface area contributed by atoms with Crippen LogP contribution in [0.3, 0.4) is 0 Å². The fourth-order valence-corrected chi connectivity index (χ4v) is 2.88. The third-order valence-corrected chi connectivity index (χ3v) is 3.31. The van der Waals surface area contributed by atoms with Crippen molar-refractivity contribution in [2.45, 2.75) is 57.3 Å². The molecule has 1 spiro atoms. The standard InChI is InChI=1S/C13H23NO4/c1-11(2,3)18-10(15)14-5-6-17-13(9-14)7-12(4,16)8-13/h16H,5-9H2,1-4H3. The van der Waals surface area contributed by atoms with Gasteiger partial charge < -0.3 is 19.5 Å². The van der Waals surface area contributed by atoms with Gasteiger partial charge in [0.25, 0.3) is 0 Å². The number of morpholine rings is 1. The second-order valence-corrected chi connectivity index (χ2v) is 6.78. The summed E-state index contributed by atoms with van der Waals surface area (Å²) in [6.45, 7) is 8.94. The van der Waals surface area contributed by atoms with E-state index in [9.17, 15) is 9.90 Å². The van der Waals surface area contributed by atoms with Crippen LogP contribution in [0.15, 0.2) is 0 Å². The molecule has 1 amide bonds. The molecule has 18 heavy (non-hydrogen) atoms. The second-order valence-electron chi connectivity index (χ2n) is 6.78. The Labute approximate surface area is 108 Å². The molecule has 1 heterocycles. The highest BCUT2D eigenvalue weighted by Gasteiger charge is 2.55. The number of ether oxygens (including phenoxy) is 2. The van der Waals surface area contributed by atoms with Crippen LogP contribution in [0.2, 0.25) is 0 Å². The number of hydrogen-bond acceptors (Lipinski definition) is 4. The van der Waals surface area contributed by atoms with Crippen LogP contribution in [0.5, 0.6) is 0 Å². The predicted molar refractivity (Wildman–Crippen MR) is 66.3 cm³/mol. The van der Waals surface area contributed by atoms with E-state index in [1.165, 1.54) is 0 Å². The van der Waals surface area contributed by atoms with Gasteiger partial charge in [0.2, 0.25) is 0 Å². The Morgan fingerprint density at radius 2 is 2.00 bits per heavy atom. The summed E-state index contributed by atoms with van der Waals surface area (Å²) in [5, 5.41) is 9.83. The molecule has 0 bridgehead atoms. The summed E-state index contributed by atoms with van der Waals surface area (Å²) in [7, 11) is 0. The fraction of sp³-hybridized carbons (Fsp3) is 0.923. The Kier molecular flexibility index (Phi) is 3.10. The fourth-order valence-electron chi connectivity index (χ4n) is 2.88. The summed E-state index contributed by atoms with van der Waals surface area (Å²) in [5.74, 6) is 0. The molecule has 1 N–H and O–H groups in total. The van der Waals surface area contributed by atoms with Crippen LogP contribution in [0.25, 0.3) is 0 Å². The first-order valence-corrected chi connectivity index (χ1v) is 6.45. The van der Waals surface area contributed by atoms with Gasteiger partial charge in [-0.05, 0) is 27.7 Å². The van der Waals surface area contributed by atoms with Gasteiger partial charge in [-0.15, -0.1) is 0 Å². The number of nitrogens with zero attached hydrogens (tertiary/aromatic N) is 1. The van der Waals surface area contributed by atoms with Crippen molar-refractivity contribution in [3.8, 4) is 0 Å². The van der Waals surface area contributed by atoms with Gasteiger partial charge >= 0.3 is 6.09 Å². The zero-order chi connectivity index (χ0) is 13.6. The third kappa shape index (κ3) is 2.95. The highest BCUT2D eigenvalue weighted by molar-refractivity contribution is 5.68. The average Bonchev–Trinajstić information content (AvgIpc) is 2.11. The molecule has 2 rings (SSSR count). The Morgan fingerprint density at radius 1 is 1.39 bits per heavy atom. The normalized spacial score (nSPS) is 36.4. The second kappa shape index (κ2) is 4.10. The summed E-state index contributed by atoms with van der Waals surface area (Å²) in [6.07, 6.45) is 0.871. The van der Waals surface area contributed by atoms with E-state index in [0.29, 0.717) is 32.5 Å². The van der Waals surface area contributed by atoms with Gasteiger partial charge in [0.1, 0.15) is 5.60 Å². The summed E-state index contributed by atoms with van der Waals surface area (Å²) in [6, 6.07) is 0. The number of carbonyl (C=O) groups is 1. The van der Waals surface area contributed by atoms with Crippen molar-refractivity contribution >= 4 is 6.09 Å². The zero-order valence-corrected chi connectivity index (χ0v) is 11.7. The van der Waals surface area contributed by atoms with Crippen LogP contribution >= 0.6 is 0 Å². The van der Waals surface area contributed by atoms with Crippen molar-refractivity contribution in [3.63, 3.8) is 0 Å². The molecule has 0 aromatic rings. The molecule has 104 valence electrons. The topological polar surface area (TPSA) is 59.0 Å². The summed E-state index contributed by atoms with van der Waals surface area (Å²) < 4.78 is 11.1. The van der Waals surface area contributed by atoms with E-state index >= 15 is 0 Å². The lowest BCUT2D eigenvalue weighted by Gasteiger charge is -2.55. The zero-order valence-electron chi connectivity index (χ0n) is 11.7. The van der Waals surface area contributed by atoms with Crippen molar-refractivity contribution in [2.24, 2.45) is 0 Å². The van der Waals surface area contributed by atoms with Gasteiger partial charge in [0.05, 0.1) is 24.4 Å². The van der Waals surface area contributed by atoms with E-state index in [1.807, 2.05) is 20.8 Å². The molecule has 1 aliphatic heterocycles. The van der Waals surface area contributed by atoms with Crippen LogP contribution in [-0.4, -0.2) is 52.6 Å². The maximum Gasteiger partial charge on any atom is 0.410 e. The van der Waals surface area contributed by atoms with Gasteiger partial charge in [-0.1, -0.05) is 0 Å². The first-order valence-electron chi connectivity index (χ1n) is 6.45. The Hall–Kier alpha value is -0.810. The van der Waals surface area contributed by atoms with E-state index < -0.39 is 11.2 Å². The third-order valence-electron chi connectivity index (χ3n) is 3.31. The first kappa shape index (κ1) is 13.6. The minimum atomic E-state index is -0.656. The van der Waals surface area contributed by atoms with Crippen LogP contribution in [0, 0.1) is 0 Å². The van der Waals surface area contributed by atoms with E-state index in [0.717, 1.165) is 0 Å². The van der Waals surface area contributed by atoms with Gasteiger partial charge in [-0.2, -0.15) is 0 Å². The number of amides is 1. The maximum atomic E-state index is 12.0. The SMILES string of the molecule is CC1(O)CC2(CN(C(=O)OC(C)(C)C)CCO2)C1. The van der Waals surface area contributed by atoms with Crippen molar-refractivity contribution in [2.75, 3.05) is 19.7 Å². The molecule has 0 atom stereocenters. The van der Waals surface area contributed by atoms with Crippen LogP contribution in [0.1, 0.15) is 40.5 Å². The highest BCUT2D eigenvalue weighted by atomic mass is 16.6. The molecule has 0 aromatic carbocycles. The van der Waals surface area contributed by atoms with Crippen LogP contribution in [0.4, 0.5) is 4.79 Å². The molecule has 5 nitrogen and oxygen atoms in total. The van der Waals surface area contributed by atoms with Crippen LogP contribution in [-0.2, 0) is 9.47 Å². The van der Waals surface area contributed by atoms with Crippen molar-refractivity contribution in [3.05, 3.63) is 0 Å². The monoisotopic (exact) mass is 257 g/mol. The maximum absolute atomic E-state index is 12.0. The number of aliphatic hydroxyl groups is 1. The molecule has 1 saturated heterocycles. The average molecular weight is 257 g/mol. The molecule has 5 heteroatoms. The van der Waals surface area contributed by atoms with Gasteiger partial charge in [-0.3, -0.25) is 0 Å². The molecule has 1 aliphatic carbocycles. The molecule has 2 aliphatic rings. The minimum Gasteiger partial charge on any atom is -0.444 e. The van der Waals surface area contributed by atoms with E-state index in [2.05, 4.69) is 0 Å². The Balaban J connectivity index is 1.94. The number of rotatable bonds is 0. The van der Waals surface area contributed by atoms with Gasteiger partial charge in [0, 0.05) is 19.4 Å². The summed E-state index contributed by atoms with van der Waals surface area (Å²) in [5.41, 5.74) is -1.50. The lowest BCUT2D eigenvalue weighted by Crippen LogP contribution is -2.65. The largest absolute Gasteiger partial charge is 0.444 e. The van der Waals surface area contributed by atoms with Crippen molar-refractivity contribution in [1.82, 2.24) is 4.90 Å². The Morgan fingerprint density at radius 3 is 2.50 bits per heavy atom.